The van der Waals surface area contributed by atoms with Crippen molar-refractivity contribution in [2.24, 2.45) is 0 Å². The van der Waals surface area contributed by atoms with Crippen molar-refractivity contribution < 1.29 is 0 Å². The fourth-order valence-electron chi connectivity index (χ4n) is 7.14. The average molecular weight is 536 g/mol. The third kappa shape index (κ3) is 2.70. The number of hydrogen-bond donors (Lipinski definition) is 0. The summed E-state index contributed by atoms with van der Waals surface area (Å²) < 4.78 is 4.63. The first-order chi connectivity index (χ1) is 20.9. The number of benzene rings is 5. The van der Waals surface area contributed by atoms with Gasteiger partial charge in [-0.1, -0.05) is 84.9 Å². The van der Waals surface area contributed by atoms with Crippen molar-refractivity contribution in [2.75, 3.05) is 0 Å². The molecule has 10 aromatic rings. The highest BCUT2D eigenvalue weighted by Crippen LogP contribution is 2.46. The van der Waals surface area contributed by atoms with E-state index in [4.69, 9.17) is 4.98 Å². The van der Waals surface area contributed by atoms with Crippen LogP contribution < -0.4 is 0 Å². The maximum absolute atomic E-state index is 5.07. The summed E-state index contributed by atoms with van der Waals surface area (Å²) in [5, 5.41) is 9.80. The van der Waals surface area contributed by atoms with Gasteiger partial charge in [-0.05, 0) is 52.1 Å². The molecule has 0 N–H and O–H groups in total. The molecule has 194 valence electrons. The minimum Gasteiger partial charge on any atom is -0.309 e. The number of hydrogen-bond acceptors (Lipinski definition) is 3. The monoisotopic (exact) mass is 535 g/mol. The lowest BCUT2D eigenvalue weighted by molar-refractivity contribution is 1.18. The molecule has 0 unspecified atom stereocenters. The highest BCUT2D eigenvalue weighted by Gasteiger charge is 2.24. The highest BCUT2D eigenvalue weighted by atomic mass is 15.1. The van der Waals surface area contributed by atoms with Crippen molar-refractivity contribution >= 4 is 70.9 Å². The van der Waals surface area contributed by atoms with Gasteiger partial charge in [-0.15, -0.1) is 0 Å². The Kier molecular flexibility index (Phi) is 4.12. The van der Waals surface area contributed by atoms with E-state index in [9.17, 15) is 0 Å². The zero-order valence-corrected chi connectivity index (χ0v) is 22.4. The number of aromatic nitrogens is 5. The molecule has 4 heterocycles. The van der Waals surface area contributed by atoms with E-state index in [0.717, 1.165) is 33.5 Å². The molecule has 0 aliphatic heterocycles. The lowest BCUT2D eigenvalue weighted by Gasteiger charge is -2.13. The van der Waals surface area contributed by atoms with Crippen molar-refractivity contribution in [3.63, 3.8) is 0 Å². The van der Waals surface area contributed by atoms with E-state index < -0.39 is 0 Å². The van der Waals surface area contributed by atoms with E-state index in [-0.39, 0.29) is 0 Å². The molecule has 0 amide bonds. The average Bonchev–Trinajstić information content (AvgIpc) is 3.71. The minimum atomic E-state index is 0.700. The topological polar surface area (TPSA) is 48.0 Å². The van der Waals surface area contributed by atoms with Gasteiger partial charge in [0.25, 0.3) is 0 Å². The van der Waals surface area contributed by atoms with Crippen molar-refractivity contribution in [1.29, 1.82) is 0 Å². The standard InChI is InChI=1S/C37H21N5/c1-2-9-23(10-3-1)41-30-16-7-6-12-25(30)29-19-22(17-18-31(29)41)35-34-27-13-5-4-11-24(27)26-14-8-15-28(33(26)34)37-40-36-32(42(35)37)20-38-21-39-36/h1-21H. The van der Waals surface area contributed by atoms with Crippen molar-refractivity contribution in [2.45, 2.75) is 0 Å². The first-order valence-electron chi connectivity index (χ1n) is 14.1. The Morgan fingerprint density at radius 3 is 2.14 bits per heavy atom. The Hall–Kier alpha value is -5.81. The molecule has 10 rings (SSSR count). The van der Waals surface area contributed by atoms with Gasteiger partial charge in [-0.25, -0.2) is 15.0 Å². The molecule has 0 bridgehead atoms. The lowest BCUT2D eigenvalue weighted by atomic mass is 10.00. The molecule has 0 saturated carbocycles. The quantitative estimate of drug-likeness (QED) is 0.222. The van der Waals surface area contributed by atoms with E-state index in [1.54, 1.807) is 6.33 Å². The molecule has 0 atom stereocenters. The molecule has 5 heteroatoms. The van der Waals surface area contributed by atoms with Crippen LogP contribution >= 0.6 is 0 Å². The molecule has 6 aromatic carbocycles. The van der Waals surface area contributed by atoms with Crippen molar-refractivity contribution in [3.8, 4) is 16.9 Å². The summed E-state index contributed by atoms with van der Waals surface area (Å²) >= 11 is 0. The number of para-hydroxylation sites is 2. The summed E-state index contributed by atoms with van der Waals surface area (Å²) in [6.45, 7) is 0. The summed E-state index contributed by atoms with van der Waals surface area (Å²) in [6, 6.07) is 41.4. The second-order valence-corrected chi connectivity index (χ2v) is 10.9. The molecule has 42 heavy (non-hydrogen) atoms. The Morgan fingerprint density at radius 2 is 1.24 bits per heavy atom. The van der Waals surface area contributed by atoms with Crippen molar-refractivity contribution in [3.05, 3.63) is 128 Å². The second kappa shape index (κ2) is 7.89. The summed E-state index contributed by atoms with van der Waals surface area (Å²) in [7, 11) is 0. The maximum Gasteiger partial charge on any atom is 0.181 e. The molecule has 5 nitrogen and oxygen atoms in total. The van der Waals surface area contributed by atoms with E-state index in [0.29, 0.717) is 5.65 Å². The molecule has 4 aromatic heterocycles. The van der Waals surface area contributed by atoms with Gasteiger partial charge < -0.3 is 4.57 Å². The zero-order chi connectivity index (χ0) is 27.4. The zero-order valence-electron chi connectivity index (χ0n) is 22.4. The SMILES string of the molecule is c1ccc(-n2c3ccccc3c3cc(-c4c5c6ccccc6c6cccc(c65)c5nc6ncncc6n45)ccc32)cc1. The van der Waals surface area contributed by atoms with E-state index in [1.165, 1.54) is 48.7 Å². The van der Waals surface area contributed by atoms with Gasteiger partial charge in [-0.3, -0.25) is 4.40 Å². The Labute approximate surface area is 239 Å². The first-order valence-corrected chi connectivity index (χ1v) is 14.1. The number of pyridine rings is 1. The van der Waals surface area contributed by atoms with Crippen LogP contribution in [0.5, 0.6) is 0 Å². The molecule has 0 aliphatic carbocycles. The molecular formula is C37H21N5. The van der Waals surface area contributed by atoms with Crippen LogP contribution in [0, 0.1) is 0 Å². The fraction of sp³-hybridized carbons (Fsp3) is 0. The number of imidazole rings is 1. The Morgan fingerprint density at radius 1 is 0.524 bits per heavy atom. The van der Waals surface area contributed by atoms with Crippen LogP contribution in [-0.4, -0.2) is 23.9 Å². The summed E-state index contributed by atoms with van der Waals surface area (Å²) in [6.07, 6.45) is 3.46. The predicted molar refractivity (Wildman–Crippen MR) is 172 cm³/mol. The molecule has 0 fully saturated rings. The maximum atomic E-state index is 5.07. The Balaban J connectivity index is 1.43. The predicted octanol–water partition coefficient (Wildman–Crippen LogP) is 8.94. The number of rotatable bonds is 2. The summed E-state index contributed by atoms with van der Waals surface area (Å²) in [4.78, 5) is 14.0. The molecular weight excluding hydrogens is 514 g/mol. The van der Waals surface area contributed by atoms with Gasteiger partial charge in [0.15, 0.2) is 5.65 Å². The van der Waals surface area contributed by atoms with Crippen molar-refractivity contribution in [1.82, 2.24) is 23.9 Å². The van der Waals surface area contributed by atoms with Crippen LogP contribution in [0.4, 0.5) is 0 Å². The van der Waals surface area contributed by atoms with Gasteiger partial charge in [0.1, 0.15) is 17.5 Å². The first kappa shape index (κ1) is 21.9. The van der Waals surface area contributed by atoms with Crippen LogP contribution in [0.1, 0.15) is 0 Å². The van der Waals surface area contributed by atoms with Crippen LogP contribution in [0.3, 0.4) is 0 Å². The van der Waals surface area contributed by atoms with Crippen LogP contribution in [0.25, 0.3) is 87.9 Å². The van der Waals surface area contributed by atoms with Gasteiger partial charge >= 0.3 is 0 Å². The number of fused-ring (bicyclic) bond motifs is 10. The lowest BCUT2D eigenvalue weighted by Crippen LogP contribution is -1.96. The van der Waals surface area contributed by atoms with Gasteiger partial charge in [0.2, 0.25) is 0 Å². The van der Waals surface area contributed by atoms with Crippen LogP contribution in [0.15, 0.2) is 128 Å². The molecule has 0 saturated heterocycles. The summed E-state index contributed by atoms with van der Waals surface area (Å²) in [5.41, 5.74) is 8.28. The second-order valence-electron chi connectivity index (χ2n) is 10.9. The van der Waals surface area contributed by atoms with Crippen LogP contribution in [0.2, 0.25) is 0 Å². The van der Waals surface area contributed by atoms with Gasteiger partial charge in [0, 0.05) is 32.6 Å². The van der Waals surface area contributed by atoms with E-state index in [1.807, 2.05) is 6.20 Å². The highest BCUT2D eigenvalue weighted by molar-refractivity contribution is 6.35. The van der Waals surface area contributed by atoms with E-state index >= 15 is 0 Å². The fourth-order valence-corrected chi connectivity index (χ4v) is 7.14. The normalized spacial score (nSPS) is 12.3. The third-order valence-electron chi connectivity index (χ3n) is 8.80. The minimum absolute atomic E-state index is 0.700. The van der Waals surface area contributed by atoms with E-state index in [2.05, 4.69) is 134 Å². The molecule has 0 spiro atoms. The summed E-state index contributed by atoms with van der Waals surface area (Å²) in [5.74, 6) is 0. The Bertz CT molecular complexity index is 2680. The third-order valence-corrected chi connectivity index (χ3v) is 8.80. The smallest absolute Gasteiger partial charge is 0.181 e. The van der Waals surface area contributed by atoms with Crippen LogP contribution in [-0.2, 0) is 0 Å². The largest absolute Gasteiger partial charge is 0.309 e. The molecule has 0 radical (unpaired) electrons. The van der Waals surface area contributed by atoms with Gasteiger partial charge in [0.05, 0.1) is 22.9 Å². The molecule has 0 aliphatic rings. The number of nitrogens with zero attached hydrogens (tertiary/aromatic N) is 5. The van der Waals surface area contributed by atoms with Gasteiger partial charge in [-0.2, -0.15) is 0 Å².